The van der Waals surface area contributed by atoms with E-state index in [0.29, 0.717) is 19.4 Å². The standard InChI is InChI=1S/C15H20N2O3/c18-12-15(8-4-9-15)13(19)17(14(20)16-12)10-7-11-5-2-1-3-6-11/h5H,1-4,6-10H2,(H,16,18,20). The van der Waals surface area contributed by atoms with Crippen LogP contribution in [0.4, 0.5) is 4.79 Å². The van der Waals surface area contributed by atoms with Gasteiger partial charge in [0.25, 0.3) is 0 Å². The van der Waals surface area contributed by atoms with Crippen molar-refractivity contribution in [1.29, 1.82) is 0 Å². The van der Waals surface area contributed by atoms with Crippen molar-refractivity contribution in [2.75, 3.05) is 6.54 Å². The lowest BCUT2D eigenvalue weighted by atomic mass is 9.66. The number of carbonyl (C=O) groups is 3. The quantitative estimate of drug-likeness (QED) is 0.634. The fourth-order valence-electron chi connectivity index (χ4n) is 3.29. The number of allylic oxidation sites excluding steroid dienone is 1. The minimum absolute atomic E-state index is 0.283. The van der Waals surface area contributed by atoms with Crippen LogP contribution in [0.15, 0.2) is 11.6 Å². The number of urea groups is 1. The smallest absolute Gasteiger partial charge is 0.277 e. The van der Waals surface area contributed by atoms with Crippen LogP contribution in [-0.4, -0.2) is 29.3 Å². The van der Waals surface area contributed by atoms with E-state index in [2.05, 4.69) is 11.4 Å². The fourth-order valence-corrected chi connectivity index (χ4v) is 3.29. The van der Waals surface area contributed by atoms with Crippen molar-refractivity contribution in [3.05, 3.63) is 11.6 Å². The Morgan fingerprint density at radius 1 is 1.15 bits per heavy atom. The Hall–Kier alpha value is -1.65. The molecule has 1 heterocycles. The van der Waals surface area contributed by atoms with Crippen LogP contribution in [0.2, 0.25) is 0 Å². The van der Waals surface area contributed by atoms with Gasteiger partial charge in [-0.25, -0.2) is 4.79 Å². The van der Waals surface area contributed by atoms with Crippen LogP contribution in [0.25, 0.3) is 0 Å². The summed E-state index contributed by atoms with van der Waals surface area (Å²) < 4.78 is 0. The van der Waals surface area contributed by atoms with Gasteiger partial charge in [-0.15, -0.1) is 0 Å². The zero-order valence-corrected chi connectivity index (χ0v) is 11.6. The number of barbiturate groups is 1. The molecule has 0 radical (unpaired) electrons. The third-order valence-electron chi connectivity index (χ3n) is 4.80. The molecule has 0 atom stereocenters. The summed E-state index contributed by atoms with van der Waals surface area (Å²) in [6.07, 6.45) is 9.56. The SMILES string of the molecule is O=C1NC(=O)C2(CCC2)C(=O)N1CCC1=CCCCC1. The Balaban J connectivity index is 1.68. The first-order valence-corrected chi connectivity index (χ1v) is 7.49. The minimum Gasteiger partial charge on any atom is -0.277 e. The summed E-state index contributed by atoms with van der Waals surface area (Å²) in [5, 5.41) is 2.35. The van der Waals surface area contributed by atoms with E-state index in [9.17, 15) is 14.4 Å². The van der Waals surface area contributed by atoms with Gasteiger partial charge in [-0.2, -0.15) is 0 Å². The molecule has 2 fully saturated rings. The molecule has 5 heteroatoms. The average Bonchev–Trinajstić information content (AvgIpc) is 2.37. The number of rotatable bonds is 3. The van der Waals surface area contributed by atoms with Gasteiger partial charge in [-0.05, 0) is 44.9 Å². The largest absolute Gasteiger partial charge is 0.330 e. The molecule has 4 amide bonds. The highest BCUT2D eigenvalue weighted by atomic mass is 16.2. The third kappa shape index (κ3) is 2.05. The molecule has 0 unspecified atom stereocenters. The lowest BCUT2D eigenvalue weighted by Gasteiger charge is -2.44. The first-order chi connectivity index (χ1) is 9.63. The Labute approximate surface area is 118 Å². The van der Waals surface area contributed by atoms with Gasteiger partial charge in [-0.1, -0.05) is 18.1 Å². The van der Waals surface area contributed by atoms with Crippen LogP contribution in [-0.2, 0) is 9.59 Å². The molecule has 0 bridgehead atoms. The van der Waals surface area contributed by atoms with Gasteiger partial charge in [0, 0.05) is 6.54 Å². The zero-order chi connectivity index (χ0) is 14.2. The van der Waals surface area contributed by atoms with Crippen molar-refractivity contribution in [2.45, 2.75) is 51.4 Å². The van der Waals surface area contributed by atoms with Gasteiger partial charge in [0.05, 0.1) is 0 Å². The number of carbonyl (C=O) groups excluding carboxylic acids is 3. The molecule has 1 N–H and O–H groups in total. The molecule has 0 aromatic heterocycles. The molecule has 1 saturated heterocycles. The first-order valence-electron chi connectivity index (χ1n) is 7.49. The molecule has 0 aromatic rings. The summed E-state index contributed by atoms with van der Waals surface area (Å²) in [7, 11) is 0. The number of nitrogens with one attached hydrogen (secondary N) is 1. The minimum atomic E-state index is -0.936. The Morgan fingerprint density at radius 2 is 1.95 bits per heavy atom. The van der Waals surface area contributed by atoms with Gasteiger partial charge < -0.3 is 0 Å². The molecule has 20 heavy (non-hydrogen) atoms. The molecule has 108 valence electrons. The molecule has 1 aliphatic heterocycles. The van der Waals surface area contributed by atoms with Crippen LogP contribution < -0.4 is 5.32 Å². The monoisotopic (exact) mass is 276 g/mol. The van der Waals surface area contributed by atoms with Crippen molar-refractivity contribution in [2.24, 2.45) is 5.41 Å². The van der Waals surface area contributed by atoms with Crippen LogP contribution in [0.3, 0.4) is 0 Å². The lowest BCUT2D eigenvalue weighted by molar-refractivity contribution is -0.157. The summed E-state index contributed by atoms with van der Waals surface area (Å²) >= 11 is 0. The summed E-state index contributed by atoms with van der Waals surface area (Å²) in [6.45, 7) is 0.394. The normalized spacial score (nSPS) is 25.3. The van der Waals surface area contributed by atoms with Crippen LogP contribution in [0.1, 0.15) is 51.4 Å². The van der Waals surface area contributed by atoms with Gasteiger partial charge in [0.1, 0.15) is 5.41 Å². The summed E-state index contributed by atoms with van der Waals surface area (Å²) in [5.41, 5.74) is 0.394. The van der Waals surface area contributed by atoms with E-state index in [4.69, 9.17) is 0 Å². The molecule has 2 aliphatic carbocycles. The number of hydrogen-bond donors (Lipinski definition) is 1. The molecular formula is C15H20N2O3. The van der Waals surface area contributed by atoms with E-state index in [0.717, 1.165) is 25.7 Å². The second kappa shape index (κ2) is 5.04. The zero-order valence-electron chi connectivity index (χ0n) is 11.6. The van der Waals surface area contributed by atoms with E-state index in [-0.39, 0.29) is 5.91 Å². The number of hydrogen-bond acceptors (Lipinski definition) is 3. The predicted molar refractivity (Wildman–Crippen MR) is 72.7 cm³/mol. The Morgan fingerprint density at radius 3 is 2.55 bits per heavy atom. The number of imide groups is 2. The molecule has 1 spiro atoms. The summed E-state index contributed by atoms with van der Waals surface area (Å²) in [4.78, 5) is 37.4. The maximum absolute atomic E-state index is 12.4. The van der Waals surface area contributed by atoms with Crippen LogP contribution >= 0.6 is 0 Å². The summed E-state index contributed by atoms with van der Waals surface area (Å²) in [5.74, 6) is -0.680. The van der Waals surface area contributed by atoms with Gasteiger partial charge >= 0.3 is 6.03 Å². The predicted octanol–water partition coefficient (Wildman–Crippen LogP) is 2.13. The third-order valence-corrected chi connectivity index (χ3v) is 4.80. The Kier molecular flexibility index (Phi) is 3.36. The lowest BCUT2D eigenvalue weighted by Crippen LogP contribution is -2.66. The Bertz CT molecular complexity index is 491. The first kappa shape index (κ1) is 13.3. The molecular weight excluding hydrogens is 256 g/mol. The van der Waals surface area contributed by atoms with Crippen LogP contribution in [0.5, 0.6) is 0 Å². The molecule has 5 nitrogen and oxygen atoms in total. The van der Waals surface area contributed by atoms with Crippen molar-refractivity contribution in [3.8, 4) is 0 Å². The fraction of sp³-hybridized carbons (Fsp3) is 0.667. The highest BCUT2D eigenvalue weighted by molar-refractivity contribution is 6.19. The maximum Gasteiger partial charge on any atom is 0.330 e. The maximum atomic E-state index is 12.4. The highest BCUT2D eigenvalue weighted by Gasteiger charge is 2.57. The van der Waals surface area contributed by atoms with E-state index in [1.165, 1.54) is 23.3 Å². The van der Waals surface area contributed by atoms with E-state index in [1.54, 1.807) is 0 Å². The number of nitrogens with zero attached hydrogens (tertiary/aromatic N) is 1. The van der Waals surface area contributed by atoms with Gasteiger partial charge in [0.2, 0.25) is 11.8 Å². The molecule has 3 aliphatic rings. The van der Waals surface area contributed by atoms with Crippen molar-refractivity contribution in [3.63, 3.8) is 0 Å². The van der Waals surface area contributed by atoms with Crippen molar-refractivity contribution >= 4 is 17.8 Å². The topological polar surface area (TPSA) is 66.5 Å². The molecule has 1 saturated carbocycles. The van der Waals surface area contributed by atoms with Gasteiger partial charge in [-0.3, -0.25) is 19.8 Å². The van der Waals surface area contributed by atoms with Crippen molar-refractivity contribution < 1.29 is 14.4 Å². The van der Waals surface area contributed by atoms with Crippen molar-refractivity contribution in [1.82, 2.24) is 10.2 Å². The molecule has 0 aromatic carbocycles. The average molecular weight is 276 g/mol. The highest BCUT2D eigenvalue weighted by Crippen LogP contribution is 2.44. The molecule has 3 rings (SSSR count). The second-order valence-corrected chi connectivity index (χ2v) is 6.01. The van der Waals surface area contributed by atoms with Gasteiger partial charge in [0.15, 0.2) is 0 Å². The summed E-state index contributed by atoms with van der Waals surface area (Å²) in [6, 6.07) is -0.547. The van der Waals surface area contributed by atoms with Crippen LogP contribution in [0, 0.1) is 5.41 Å². The van der Waals surface area contributed by atoms with E-state index < -0.39 is 17.4 Å². The second-order valence-electron chi connectivity index (χ2n) is 6.01. The van der Waals surface area contributed by atoms with E-state index in [1.807, 2.05) is 0 Å². The number of amides is 4. The van der Waals surface area contributed by atoms with E-state index >= 15 is 0 Å².